The highest BCUT2D eigenvalue weighted by Gasteiger charge is 2.40. The number of carbonyl (C=O) groups excluding carboxylic acids is 2. The predicted molar refractivity (Wildman–Crippen MR) is 181 cm³/mol. The molecule has 244 valence electrons. The Kier molecular flexibility index (Phi) is 9.01. The van der Waals surface area contributed by atoms with Gasteiger partial charge in [-0.15, -0.1) is 0 Å². The zero-order valence-corrected chi connectivity index (χ0v) is 28.3. The van der Waals surface area contributed by atoms with Gasteiger partial charge < -0.3 is 15.5 Å². The van der Waals surface area contributed by atoms with Gasteiger partial charge in [-0.1, -0.05) is 70.2 Å². The van der Waals surface area contributed by atoms with Gasteiger partial charge in [0.2, 0.25) is 5.91 Å². The number of benzene rings is 1. The van der Waals surface area contributed by atoms with Crippen molar-refractivity contribution in [3.05, 3.63) is 83.1 Å². The van der Waals surface area contributed by atoms with Crippen LogP contribution in [0.5, 0.6) is 0 Å². The van der Waals surface area contributed by atoms with E-state index in [1.54, 1.807) is 6.07 Å². The summed E-state index contributed by atoms with van der Waals surface area (Å²) in [5.74, 6) is 0.0954. The molecular weight excluding hydrogens is 600 g/mol. The molecule has 0 unspecified atom stereocenters. The molecule has 0 saturated carbocycles. The fourth-order valence-corrected chi connectivity index (χ4v) is 7.43. The zero-order chi connectivity index (χ0) is 33.4. The quantitative estimate of drug-likeness (QED) is 0.368. The van der Waals surface area contributed by atoms with Gasteiger partial charge in [0.25, 0.3) is 15.9 Å². The third-order valence-corrected chi connectivity index (χ3v) is 9.87. The van der Waals surface area contributed by atoms with E-state index in [4.69, 9.17) is 10.7 Å². The molecule has 1 fully saturated rings. The van der Waals surface area contributed by atoms with Gasteiger partial charge in [-0.05, 0) is 61.9 Å². The number of carbonyl (C=O) groups is 2. The van der Waals surface area contributed by atoms with Crippen molar-refractivity contribution in [2.24, 2.45) is 5.92 Å². The van der Waals surface area contributed by atoms with Crippen molar-refractivity contribution in [2.45, 2.75) is 76.8 Å². The van der Waals surface area contributed by atoms with Gasteiger partial charge in [0, 0.05) is 36.2 Å². The summed E-state index contributed by atoms with van der Waals surface area (Å²) in [6.07, 6.45) is 3.82. The molecule has 4 heterocycles. The lowest BCUT2D eigenvalue weighted by molar-refractivity contribution is -0.130. The maximum atomic E-state index is 14.0. The molecule has 1 aromatic carbocycles. The fraction of sp³-hybridized carbons (Fsp3) is 0.429. The molecule has 2 aliphatic heterocycles. The van der Waals surface area contributed by atoms with Crippen LogP contribution in [0.4, 0.5) is 11.6 Å². The van der Waals surface area contributed by atoms with Crippen LogP contribution in [-0.2, 0) is 26.7 Å². The van der Waals surface area contributed by atoms with E-state index in [-0.39, 0.29) is 27.9 Å². The van der Waals surface area contributed by atoms with Crippen LogP contribution in [0.1, 0.15) is 81.6 Å². The van der Waals surface area contributed by atoms with Gasteiger partial charge in [-0.25, -0.2) is 14.7 Å². The van der Waals surface area contributed by atoms with Crippen molar-refractivity contribution in [3.8, 4) is 0 Å². The molecule has 3 N–H and O–H groups in total. The molecule has 1 saturated heterocycles. The molecule has 0 bridgehead atoms. The zero-order valence-electron chi connectivity index (χ0n) is 27.5. The third kappa shape index (κ3) is 7.09. The first-order chi connectivity index (χ1) is 21.5. The van der Waals surface area contributed by atoms with E-state index in [1.165, 1.54) is 18.2 Å². The van der Waals surface area contributed by atoms with Crippen molar-refractivity contribution >= 4 is 39.0 Å². The molecule has 0 radical (unpaired) electrons. The van der Waals surface area contributed by atoms with Crippen LogP contribution in [0.2, 0.25) is 0 Å². The van der Waals surface area contributed by atoms with E-state index >= 15 is 0 Å². The van der Waals surface area contributed by atoms with Crippen molar-refractivity contribution in [1.29, 1.82) is 0 Å². The highest BCUT2D eigenvalue weighted by Crippen LogP contribution is 2.41. The van der Waals surface area contributed by atoms with Crippen LogP contribution in [0.3, 0.4) is 0 Å². The van der Waals surface area contributed by atoms with Crippen LogP contribution < -0.4 is 15.4 Å². The van der Waals surface area contributed by atoms with Gasteiger partial charge in [0.1, 0.15) is 11.6 Å². The second-order valence-electron chi connectivity index (χ2n) is 14.1. The molecule has 10 nitrogen and oxygen atoms in total. The van der Waals surface area contributed by atoms with Crippen LogP contribution in [-0.4, -0.2) is 60.3 Å². The highest BCUT2D eigenvalue weighted by atomic mass is 32.2. The van der Waals surface area contributed by atoms with E-state index in [9.17, 15) is 18.0 Å². The van der Waals surface area contributed by atoms with Gasteiger partial charge in [0.05, 0.1) is 17.7 Å². The van der Waals surface area contributed by atoms with E-state index in [2.05, 4.69) is 56.1 Å². The second-order valence-corrected chi connectivity index (χ2v) is 15.7. The summed E-state index contributed by atoms with van der Waals surface area (Å²) in [5.41, 5.74) is 8.73. The molecule has 1 atom stereocenters. The summed E-state index contributed by atoms with van der Waals surface area (Å²) in [6.45, 7) is 14.3. The Labute approximate surface area is 272 Å². The highest BCUT2D eigenvalue weighted by molar-refractivity contribution is 7.90. The number of hydrogen-bond donors (Lipinski definition) is 2. The van der Waals surface area contributed by atoms with Crippen LogP contribution in [0.25, 0.3) is 5.57 Å². The van der Waals surface area contributed by atoms with Crippen molar-refractivity contribution < 1.29 is 18.0 Å². The molecule has 3 aromatic rings. The Morgan fingerprint density at radius 1 is 1.07 bits per heavy atom. The number of anilines is 2. The lowest BCUT2D eigenvalue weighted by atomic mass is 9.83. The van der Waals surface area contributed by atoms with Gasteiger partial charge >= 0.3 is 0 Å². The molecule has 2 aromatic heterocycles. The van der Waals surface area contributed by atoms with E-state index in [1.807, 2.05) is 41.3 Å². The van der Waals surface area contributed by atoms with Crippen LogP contribution in [0.15, 0.2) is 65.7 Å². The van der Waals surface area contributed by atoms with Gasteiger partial charge in [-0.3, -0.25) is 9.59 Å². The monoisotopic (exact) mass is 644 g/mol. The number of pyridine rings is 2. The molecule has 5 rings (SSSR count). The van der Waals surface area contributed by atoms with Crippen molar-refractivity contribution in [2.75, 3.05) is 30.3 Å². The van der Waals surface area contributed by atoms with Crippen LogP contribution >= 0.6 is 0 Å². The number of hydrogen-bond acceptors (Lipinski definition) is 8. The molecule has 2 aliphatic rings. The SMILES string of the molecule is C[C@@H]1CN(c2nc(C(C)(C)C)c(C3=CCN(C(=O)Cc4ccccc4)CC3)cc2C(=O)NS(=O)(=O)c2cccc(N)n2)C(C)(C)C1. The first kappa shape index (κ1) is 33.1. The molecule has 2 amide bonds. The maximum absolute atomic E-state index is 14.0. The standard InChI is InChI=1S/C35H44N6O4S/c1-23-21-35(5,6)41(22-23)32-27(33(43)39-46(44,45)29-14-10-13-28(36)37-29)20-26(31(38-32)34(2,3)4)25-15-17-40(18-16-25)30(42)19-24-11-8-7-9-12-24/h7-15,20,23H,16-19,21-22H2,1-6H3,(H2,36,37)(H,39,43)/t23-/m0/s1. The molecule has 0 aliphatic carbocycles. The van der Waals surface area contributed by atoms with E-state index in [0.717, 1.165) is 28.8 Å². The number of sulfonamides is 1. The van der Waals surface area contributed by atoms with E-state index < -0.39 is 21.3 Å². The Bertz CT molecular complexity index is 1780. The molecule has 11 heteroatoms. The lowest BCUT2D eigenvalue weighted by Crippen LogP contribution is -2.41. The average Bonchev–Trinajstić information content (AvgIpc) is 3.27. The molecule has 46 heavy (non-hydrogen) atoms. The number of aromatic nitrogens is 2. The smallest absolute Gasteiger partial charge is 0.281 e. The summed E-state index contributed by atoms with van der Waals surface area (Å²) in [7, 11) is -4.32. The second kappa shape index (κ2) is 12.5. The Morgan fingerprint density at radius 2 is 1.78 bits per heavy atom. The number of rotatable bonds is 7. The number of nitrogens with one attached hydrogen (secondary N) is 1. The summed E-state index contributed by atoms with van der Waals surface area (Å²) >= 11 is 0. The number of amides is 2. The summed E-state index contributed by atoms with van der Waals surface area (Å²) in [4.78, 5) is 40.2. The topological polar surface area (TPSA) is 139 Å². The fourth-order valence-electron chi connectivity index (χ4n) is 6.48. The minimum Gasteiger partial charge on any atom is -0.384 e. The van der Waals surface area contributed by atoms with Crippen molar-refractivity contribution in [1.82, 2.24) is 19.6 Å². The number of nitrogens with two attached hydrogens (primary N) is 1. The lowest BCUT2D eigenvalue weighted by Gasteiger charge is -2.36. The minimum atomic E-state index is -4.32. The van der Waals surface area contributed by atoms with Gasteiger partial charge in [0.15, 0.2) is 5.03 Å². The predicted octanol–water partition coefficient (Wildman–Crippen LogP) is 4.96. The Morgan fingerprint density at radius 3 is 2.37 bits per heavy atom. The first-order valence-corrected chi connectivity index (χ1v) is 17.2. The Balaban J connectivity index is 1.56. The van der Waals surface area contributed by atoms with E-state index in [0.29, 0.717) is 44.2 Å². The maximum Gasteiger partial charge on any atom is 0.281 e. The Hall–Kier alpha value is -4.25. The van der Waals surface area contributed by atoms with Gasteiger partial charge in [-0.2, -0.15) is 8.42 Å². The van der Waals surface area contributed by atoms with Crippen LogP contribution in [0, 0.1) is 5.92 Å². The third-order valence-electron chi connectivity index (χ3n) is 8.64. The first-order valence-electron chi connectivity index (χ1n) is 15.7. The minimum absolute atomic E-state index is 0.0304. The summed E-state index contributed by atoms with van der Waals surface area (Å²) < 4.78 is 28.8. The number of nitrogens with zero attached hydrogens (tertiary/aromatic N) is 4. The summed E-state index contributed by atoms with van der Waals surface area (Å²) in [5, 5.41) is -0.340. The normalized spacial score (nSPS) is 18.3. The average molecular weight is 645 g/mol. The molecular formula is C35H44N6O4S. The number of nitrogen functional groups attached to an aromatic ring is 1. The largest absolute Gasteiger partial charge is 0.384 e. The molecule has 0 spiro atoms. The summed E-state index contributed by atoms with van der Waals surface area (Å²) in [6, 6.07) is 15.7. The van der Waals surface area contributed by atoms with Crippen molar-refractivity contribution in [3.63, 3.8) is 0 Å².